The zero-order chi connectivity index (χ0) is 17.1. The minimum atomic E-state index is 0.0717. The van der Waals surface area contributed by atoms with Crippen LogP contribution >= 0.6 is 23.1 Å². The van der Waals surface area contributed by atoms with Crippen LogP contribution in [0.3, 0.4) is 0 Å². The van der Waals surface area contributed by atoms with Gasteiger partial charge < -0.3 is 5.11 Å². The normalized spacial score (nSPS) is 12.0. The fourth-order valence-electron chi connectivity index (χ4n) is 2.30. The standard InChI is InChI=1S/C19H16N2OS2/c1-12-7-8-13(2)18(9-12)23-11-16(22)14(10-20)19-21-15-5-3-4-6-17(15)24-19/h3-9,22H,11H2,1-2H3/b16-14-. The van der Waals surface area contributed by atoms with Gasteiger partial charge >= 0.3 is 0 Å². The Morgan fingerprint density at radius 2 is 2.04 bits per heavy atom. The molecule has 0 saturated carbocycles. The van der Waals surface area contributed by atoms with Crippen LogP contribution in [0.1, 0.15) is 16.1 Å². The van der Waals surface area contributed by atoms with Gasteiger partial charge in [-0.25, -0.2) is 4.98 Å². The highest BCUT2D eigenvalue weighted by Gasteiger charge is 2.14. The van der Waals surface area contributed by atoms with Crippen molar-refractivity contribution in [2.24, 2.45) is 0 Å². The van der Waals surface area contributed by atoms with Crippen LogP contribution in [-0.2, 0) is 0 Å². The van der Waals surface area contributed by atoms with Crippen molar-refractivity contribution in [3.63, 3.8) is 0 Å². The molecule has 0 spiro atoms. The Hall–Kier alpha value is -2.29. The third-order valence-corrected chi connectivity index (χ3v) is 5.84. The number of aryl methyl sites for hydroxylation is 2. The molecule has 24 heavy (non-hydrogen) atoms. The van der Waals surface area contributed by atoms with E-state index in [1.165, 1.54) is 28.7 Å². The van der Waals surface area contributed by atoms with Crippen molar-refractivity contribution in [3.8, 4) is 6.07 Å². The second-order valence-corrected chi connectivity index (χ2v) is 7.53. The summed E-state index contributed by atoms with van der Waals surface area (Å²) in [6, 6.07) is 16.1. The maximum Gasteiger partial charge on any atom is 0.138 e. The van der Waals surface area contributed by atoms with Gasteiger partial charge in [-0.2, -0.15) is 5.26 Å². The van der Waals surface area contributed by atoms with E-state index in [1.807, 2.05) is 38.1 Å². The van der Waals surface area contributed by atoms with Crippen molar-refractivity contribution in [3.05, 3.63) is 64.4 Å². The SMILES string of the molecule is Cc1ccc(C)c(SC/C(O)=C(\C#N)c2nc3ccccc3s2)c1. The number of aliphatic hydroxyl groups is 1. The molecule has 5 heteroatoms. The first-order chi connectivity index (χ1) is 11.6. The molecule has 0 bridgehead atoms. The Labute approximate surface area is 149 Å². The van der Waals surface area contributed by atoms with E-state index in [0.717, 1.165) is 20.7 Å². The summed E-state index contributed by atoms with van der Waals surface area (Å²) < 4.78 is 1.01. The number of benzene rings is 2. The first kappa shape index (κ1) is 16.6. The molecule has 0 atom stereocenters. The zero-order valence-corrected chi connectivity index (χ0v) is 15.0. The molecule has 3 aromatic rings. The van der Waals surface area contributed by atoms with Gasteiger partial charge in [-0.3, -0.25) is 0 Å². The molecule has 1 heterocycles. The molecule has 120 valence electrons. The lowest BCUT2D eigenvalue weighted by Gasteiger charge is -2.07. The molecular weight excluding hydrogens is 336 g/mol. The Balaban J connectivity index is 1.87. The van der Waals surface area contributed by atoms with E-state index in [2.05, 4.69) is 29.3 Å². The van der Waals surface area contributed by atoms with E-state index >= 15 is 0 Å². The lowest BCUT2D eigenvalue weighted by molar-refractivity contribution is 0.421. The number of thioether (sulfide) groups is 1. The van der Waals surface area contributed by atoms with Gasteiger partial charge in [-0.05, 0) is 37.6 Å². The monoisotopic (exact) mass is 352 g/mol. The number of hydrogen-bond acceptors (Lipinski definition) is 5. The summed E-state index contributed by atoms with van der Waals surface area (Å²) >= 11 is 2.96. The number of fused-ring (bicyclic) bond motifs is 1. The smallest absolute Gasteiger partial charge is 0.138 e. The number of para-hydroxylation sites is 1. The summed E-state index contributed by atoms with van der Waals surface area (Å²) in [5, 5.41) is 20.4. The molecule has 0 aliphatic carbocycles. The molecular formula is C19H16N2OS2. The number of nitrogens with zero attached hydrogens (tertiary/aromatic N) is 2. The van der Waals surface area contributed by atoms with E-state index in [9.17, 15) is 10.4 Å². The van der Waals surface area contributed by atoms with Gasteiger partial charge in [-0.1, -0.05) is 29.8 Å². The molecule has 2 aromatic carbocycles. The van der Waals surface area contributed by atoms with Gasteiger partial charge in [0.15, 0.2) is 0 Å². The van der Waals surface area contributed by atoms with Crippen LogP contribution in [0.4, 0.5) is 0 Å². The van der Waals surface area contributed by atoms with Gasteiger partial charge in [0.2, 0.25) is 0 Å². The lowest BCUT2D eigenvalue weighted by Crippen LogP contribution is -1.93. The maximum atomic E-state index is 10.4. The fourth-order valence-corrected chi connectivity index (χ4v) is 4.28. The van der Waals surface area contributed by atoms with Crippen LogP contribution in [0.2, 0.25) is 0 Å². The van der Waals surface area contributed by atoms with E-state index in [1.54, 1.807) is 0 Å². The number of nitriles is 1. The number of allylic oxidation sites excluding steroid dienone is 1. The van der Waals surface area contributed by atoms with Crippen molar-refractivity contribution in [1.29, 1.82) is 5.26 Å². The van der Waals surface area contributed by atoms with Crippen LogP contribution in [0, 0.1) is 25.2 Å². The molecule has 0 aliphatic rings. The molecule has 0 unspecified atom stereocenters. The predicted molar refractivity (Wildman–Crippen MR) is 101 cm³/mol. The molecule has 1 N–H and O–H groups in total. The second-order valence-electron chi connectivity index (χ2n) is 5.48. The highest BCUT2D eigenvalue weighted by atomic mass is 32.2. The molecule has 0 fully saturated rings. The fraction of sp³-hybridized carbons (Fsp3) is 0.158. The molecule has 1 aromatic heterocycles. The number of hydrogen-bond donors (Lipinski definition) is 1. The summed E-state index contributed by atoms with van der Waals surface area (Å²) in [6.45, 7) is 4.09. The van der Waals surface area contributed by atoms with Gasteiger partial charge in [0.1, 0.15) is 22.4 Å². The maximum absolute atomic E-state index is 10.4. The first-order valence-electron chi connectivity index (χ1n) is 7.46. The summed E-state index contributed by atoms with van der Waals surface area (Å²) in [6.07, 6.45) is 0. The molecule has 3 nitrogen and oxygen atoms in total. The number of thiazole rings is 1. The van der Waals surface area contributed by atoms with Gasteiger partial charge in [0.05, 0.1) is 16.0 Å². The summed E-state index contributed by atoms with van der Waals surface area (Å²) in [5.74, 6) is 0.422. The first-order valence-corrected chi connectivity index (χ1v) is 9.27. The van der Waals surface area contributed by atoms with Gasteiger partial charge in [0.25, 0.3) is 0 Å². The van der Waals surface area contributed by atoms with Gasteiger partial charge in [-0.15, -0.1) is 23.1 Å². The molecule has 0 amide bonds. The van der Waals surface area contributed by atoms with E-state index in [0.29, 0.717) is 10.8 Å². The largest absolute Gasteiger partial charge is 0.510 e. The van der Waals surface area contributed by atoms with Crippen molar-refractivity contribution in [2.75, 3.05) is 5.75 Å². The van der Waals surface area contributed by atoms with Crippen molar-refractivity contribution in [2.45, 2.75) is 18.7 Å². The Morgan fingerprint density at radius 3 is 2.79 bits per heavy atom. The molecule has 3 rings (SSSR count). The predicted octanol–water partition coefficient (Wildman–Crippen LogP) is 5.50. The highest BCUT2D eigenvalue weighted by molar-refractivity contribution is 7.99. The van der Waals surface area contributed by atoms with Crippen molar-refractivity contribution >= 4 is 38.9 Å². The number of rotatable bonds is 4. The minimum Gasteiger partial charge on any atom is -0.510 e. The number of aliphatic hydroxyl groups excluding tert-OH is 1. The van der Waals surface area contributed by atoms with Crippen LogP contribution in [0.15, 0.2) is 53.1 Å². The van der Waals surface area contributed by atoms with E-state index in [4.69, 9.17) is 0 Å². The zero-order valence-electron chi connectivity index (χ0n) is 13.4. The third-order valence-electron chi connectivity index (χ3n) is 3.62. The van der Waals surface area contributed by atoms with Crippen LogP contribution in [0.5, 0.6) is 0 Å². The summed E-state index contributed by atoms with van der Waals surface area (Å²) in [5.41, 5.74) is 3.45. The minimum absolute atomic E-state index is 0.0717. The number of aromatic nitrogens is 1. The van der Waals surface area contributed by atoms with Crippen LogP contribution in [0.25, 0.3) is 15.8 Å². The van der Waals surface area contributed by atoms with Gasteiger partial charge in [0, 0.05) is 4.90 Å². The molecule has 0 saturated heterocycles. The molecule has 0 radical (unpaired) electrons. The van der Waals surface area contributed by atoms with Crippen LogP contribution < -0.4 is 0 Å². The Bertz CT molecular complexity index is 934. The van der Waals surface area contributed by atoms with Crippen LogP contribution in [-0.4, -0.2) is 15.8 Å². The lowest BCUT2D eigenvalue weighted by atomic mass is 10.2. The topological polar surface area (TPSA) is 56.9 Å². The van der Waals surface area contributed by atoms with E-state index < -0.39 is 0 Å². The summed E-state index contributed by atoms with van der Waals surface area (Å²) in [4.78, 5) is 5.57. The second kappa shape index (κ2) is 7.08. The van der Waals surface area contributed by atoms with E-state index in [-0.39, 0.29) is 11.3 Å². The quantitative estimate of drug-likeness (QED) is 0.383. The Morgan fingerprint density at radius 1 is 1.25 bits per heavy atom. The average molecular weight is 352 g/mol. The average Bonchev–Trinajstić information content (AvgIpc) is 3.00. The molecule has 0 aliphatic heterocycles. The Kier molecular flexibility index (Phi) is 4.89. The van der Waals surface area contributed by atoms with Crippen molar-refractivity contribution < 1.29 is 5.11 Å². The summed E-state index contributed by atoms with van der Waals surface area (Å²) in [7, 11) is 0. The third kappa shape index (κ3) is 3.45. The highest BCUT2D eigenvalue weighted by Crippen LogP contribution is 2.31. The van der Waals surface area contributed by atoms with Crippen molar-refractivity contribution in [1.82, 2.24) is 4.98 Å².